The first-order chi connectivity index (χ1) is 21.0. The molecule has 9 heteroatoms. The molecule has 1 saturated heterocycles. The molecule has 0 spiro atoms. The van der Waals surface area contributed by atoms with Gasteiger partial charge >= 0.3 is 0 Å². The number of nitrogens with zero attached hydrogens (tertiary/aromatic N) is 1. The number of carbonyl (C=O) groups excluding carboxylic acids is 2. The number of rotatable bonds is 10. The molecule has 1 unspecified atom stereocenters. The Kier molecular flexibility index (Phi) is 8.42. The molecule has 0 bridgehead atoms. The summed E-state index contributed by atoms with van der Waals surface area (Å²) in [4.78, 5) is 35.4. The summed E-state index contributed by atoms with van der Waals surface area (Å²) in [6.45, 7) is 1.98. The third-order valence-electron chi connectivity index (χ3n) is 8.47. The summed E-state index contributed by atoms with van der Waals surface area (Å²) in [5.41, 5.74) is 4.87. The molecule has 5 aromatic rings. The molecule has 1 atom stereocenters. The van der Waals surface area contributed by atoms with Crippen LogP contribution in [-0.4, -0.2) is 59.5 Å². The lowest BCUT2D eigenvalue weighted by atomic mass is 9.89. The number of aromatic nitrogens is 2. The van der Waals surface area contributed by atoms with Crippen LogP contribution in [0.2, 0.25) is 0 Å². The molecule has 43 heavy (non-hydrogen) atoms. The van der Waals surface area contributed by atoms with Crippen molar-refractivity contribution < 1.29 is 18.7 Å². The van der Waals surface area contributed by atoms with Gasteiger partial charge < -0.3 is 25.3 Å². The number of fused-ring (bicyclic) bond motifs is 2. The van der Waals surface area contributed by atoms with Crippen molar-refractivity contribution in [2.75, 3.05) is 26.7 Å². The highest BCUT2D eigenvalue weighted by Gasteiger charge is 2.27. The highest BCUT2D eigenvalue weighted by atomic mass is 19.1. The second-order valence-electron chi connectivity index (χ2n) is 11.2. The normalized spacial score (nSPS) is 15.0. The largest absolute Gasteiger partial charge is 0.496 e. The lowest BCUT2D eigenvalue weighted by molar-refractivity contribution is -0.129. The molecule has 4 N–H and O–H groups in total. The molecule has 3 aromatic carbocycles. The number of ether oxygens (including phenoxy) is 1. The first-order valence-corrected chi connectivity index (χ1v) is 14.7. The molecule has 8 nitrogen and oxygen atoms in total. The number of hydrogen-bond acceptors (Lipinski definition) is 4. The Morgan fingerprint density at radius 1 is 0.953 bits per heavy atom. The molecule has 1 fully saturated rings. The number of piperidine rings is 1. The number of nitrogens with one attached hydrogen (secondary N) is 4. The number of methoxy groups -OCH3 is 1. The minimum Gasteiger partial charge on any atom is -0.496 e. The van der Waals surface area contributed by atoms with E-state index in [0.717, 1.165) is 64.4 Å². The first kappa shape index (κ1) is 28.5. The van der Waals surface area contributed by atoms with E-state index in [0.29, 0.717) is 18.1 Å². The lowest BCUT2D eigenvalue weighted by Gasteiger charge is -2.31. The van der Waals surface area contributed by atoms with Crippen LogP contribution < -0.4 is 15.4 Å². The van der Waals surface area contributed by atoms with E-state index in [4.69, 9.17) is 4.74 Å². The highest BCUT2D eigenvalue weighted by Crippen LogP contribution is 2.33. The van der Waals surface area contributed by atoms with Gasteiger partial charge in [-0.15, -0.1) is 0 Å². The van der Waals surface area contributed by atoms with Gasteiger partial charge in [0.2, 0.25) is 11.8 Å². The van der Waals surface area contributed by atoms with Gasteiger partial charge in [-0.3, -0.25) is 14.5 Å². The van der Waals surface area contributed by atoms with Crippen LogP contribution in [-0.2, 0) is 22.6 Å². The van der Waals surface area contributed by atoms with Crippen molar-refractivity contribution in [1.29, 1.82) is 0 Å². The fourth-order valence-electron chi connectivity index (χ4n) is 6.18. The zero-order valence-electron chi connectivity index (χ0n) is 24.2. The van der Waals surface area contributed by atoms with Crippen molar-refractivity contribution in [3.63, 3.8) is 0 Å². The van der Waals surface area contributed by atoms with E-state index in [-0.39, 0.29) is 30.7 Å². The molecule has 1 aliphatic rings. The summed E-state index contributed by atoms with van der Waals surface area (Å²) < 4.78 is 19.3. The van der Waals surface area contributed by atoms with Crippen molar-refractivity contribution in [1.82, 2.24) is 25.5 Å². The maximum absolute atomic E-state index is 13.9. The molecule has 2 aromatic heterocycles. The van der Waals surface area contributed by atoms with Crippen LogP contribution in [0.1, 0.15) is 35.4 Å². The Hall–Kier alpha value is -4.63. The maximum Gasteiger partial charge on any atom is 0.243 e. The quantitative estimate of drug-likeness (QED) is 0.186. The molecule has 222 valence electrons. The zero-order valence-corrected chi connectivity index (χ0v) is 24.2. The number of H-pyrrole nitrogens is 2. The van der Waals surface area contributed by atoms with E-state index in [1.54, 1.807) is 19.2 Å². The van der Waals surface area contributed by atoms with Crippen molar-refractivity contribution in [3.8, 4) is 5.75 Å². The van der Waals surface area contributed by atoms with E-state index in [1.807, 2.05) is 60.9 Å². The maximum atomic E-state index is 13.9. The average Bonchev–Trinajstić information content (AvgIpc) is 3.64. The number of para-hydroxylation sites is 2. The molecular formula is C34H36FN5O3. The Morgan fingerprint density at radius 3 is 2.53 bits per heavy atom. The summed E-state index contributed by atoms with van der Waals surface area (Å²) >= 11 is 0. The number of aromatic amines is 2. The summed E-state index contributed by atoms with van der Waals surface area (Å²) in [5, 5.41) is 7.97. The molecular weight excluding hydrogens is 545 g/mol. The van der Waals surface area contributed by atoms with Gasteiger partial charge in [0.25, 0.3) is 0 Å². The highest BCUT2D eigenvalue weighted by molar-refractivity contribution is 5.90. The van der Waals surface area contributed by atoms with Crippen molar-refractivity contribution in [2.45, 2.75) is 37.8 Å². The van der Waals surface area contributed by atoms with E-state index in [2.05, 4.69) is 25.5 Å². The fourth-order valence-corrected chi connectivity index (χ4v) is 6.18. The fraction of sp³-hybridized carbons (Fsp3) is 0.294. The van der Waals surface area contributed by atoms with Gasteiger partial charge in [-0.1, -0.05) is 36.4 Å². The van der Waals surface area contributed by atoms with Gasteiger partial charge in [0.15, 0.2) is 0 Å². The topological polar surface area (TPSA) is 102 Å². The summed E-state index contributed by atoms with van der Waals surface area (Å²) in [6.07, 6.45) is 5.98. The SMILES string of the molecule is COc1ccccc1CNC(=O)C(Cc1c[nH]c2ccccc12)NC(=O)CN1CCC(c2c[nH]c3ccc(F)cc23)CC1. The predicted molar refractivity (Wildman–Crippen MR) is 165 cm³/mol. The number of hydrogen-bond donors (Lipinski definition) is 4. The van der Waals surface area contributed by atoms with Gasteiger partial charge in [-0.2, -0.15) is 0 Å². The lowest BCUT2D eigenvalue weighted by Crippen LogP contribution is -2.51. The van der Waals surface area contributed by atoms with Crippen molar-refractivity contribution in [3.05, 3.63) is 102 Å². The average molecular weight is 582 g/mol. The first-order valence-electron chi connectivity index (χ1n) is 14.7. The van der Waals surface area contributed by atoms with Crippen molar-refractivity contribution in [2.24, 2.45) is 0 Å². The van der Waals surface area contributed by atoms with Crippen LogP contribution in [0.3, 0.4) is 0 Å². The molecule has 0 radical (unpaired) electrons. The predicted octanol–water partition coefficient (Wildman–Crippen LogP) is 5.02. The van der Waals surface area contributed by atoms with Crippen LogP contribution in [0.15, 0.2) is 79.1 Å². The third kappa shape index (κ3) is 6.41. The van der Waals surface area contributed by atoms with Crippen LogP contribution in [0.5, 0.6) is 5.75 Å². The Labute approximate surface area is 249 Å². The smallest absolute Gasteiger partial charge is 0.243 e. The molecule has 2 amide bonds. The Bertz CT molecular complexity index is 1740. The minimum absolute atomic E-state index is 0.190. The van der Waals surface area contributed by atoms with Crippen LogP contribution >= 0.6 is 0 Å². The number of halogens is 1. The number of carbonyl (C=O) groups is 2. The molecule has 1 aliphatic heterocycles. The van der Waals surface area contributed by atoms with Gasteiger partial charge in [0.05, 0.1) is 13.7 Å². The van der Waals surface area contributed by atoms with Crippen molar-refractivity contribution >= 4 is 33.6 Å². The number of benzene rings is 3. The molecule has 3 heterocycles. The standard InChI is InChI=1S/C34H36FN5O3/c1-43-32-9-5-2-6-23(32)18-38-34(42)31(16-24-19-36-29-8-4-3-7-26(24)29)39-33(41)21-40-14-12-22(13-15-40)28-20-37-30-11-10-25(35)17-27(28)30/h2-11,17,19-20,22,31,36-37H,12-16,18,21H2,1H3,(H,38,42)(H,39,41). The molecule has 0 saturated carbocycles. The van der Waals surface area contributed by atoms with Crippen LogP contribution in [0.25, 0.3) is 21.8 Å². The monoisotopic (exact) mass is 581 g/mol. The zero-order chi connectivity index (χ0) is 29.8. The van der Waals surface area contributed by atoms with E-state index in [1.165, 1.54) is 6.07 Å². The second-order valence-corrected chi connectivity index (χ2v) is 11.2. The van der Waals surface area contributed by atoms with Gasteiger partial charge in [0, 0.05) is 52.7 Å². The summed E-state index contributed by atoms with van der Waals surface area (Å²) in [5.74, 6) is 0.308. The number of likely N-dealkylation sites (tertiary alicyclic amines) is 1. The minimum atomic E-state index is -0.750. The molecule has 6 rings (SSSR count). The van der Waals surface area contributed by atoms with E-state index in [9.17, 15) is 14.0 Å². The third-order valence-corrected chi connectivity index (χ3v) is 8.47. The molecule has 0 aliphatic carbocycles. The van der Waals surface area contributed by atoms with E-state index < -0.39 is 6.04 Å². The van der Waals surface area contributed by atoms with Crippen LogP contribution in [0, 0.1) is 5.82 Å². The number of amides is 2. The summed E-state index contributed by atoms with van der Waals surface area (Å²) in [7, 11) is 1.60. The second kappa shape index (κ2) is 12.7. The Morgan fingerprint density at radius 2 is 1.70 bits per heavy atom. The van der Waals surface area contributed by atoms with Crippen LogP contribution in [0.4, 0.5) is 4.39 Å². The van der Waals surface area contributed by atoms with E-state index >= 15 is 0 Å². The Balaban J connectivity index is 1.10. The van der Waals surface area contributed by atoms with Gasteiger partial charge in [-0.05, 0) is 73.3 Å². The van der Waals surface area contributed by atoms with Gasteiger partial charge in [-0.25, -0.2) is 4.39 Å². The van der Waals surface area contributed by atoms with Gasteiger partial charge in [0.1, 0.15) is 17.6 Å². The summed E-state index contributed by atoms with van der Waals surface area (Å²) in [6, 6.07) is 19.5.